The van der Waals surface area contributed by atoms with E-state index in [9.17, 15) is 9.59 Å². The molecule has 1 N–H and O–H groups in total. The Balaban J connectivity index is 1.48. The molecule has 1 unspecified atom stereocenters. The van der Waals surface area contributed by atoms with Gasteiger partial charge in [-0.2, -0.15) is 5.10 Å². The number of nitrogens with one attached hydrogen (secondary N) is 1. The van der Waals surface area contributed by atoms with Crippen LogP contribution in [0.2, 0.25) is 0 Å². The Morgan fingerprint density at radius 2 is 1.88 bits per heavy atom. The van der Waals surface area contributed by atoms with Gasteiger partial charge in [-0.05, 0) is 80.5 Å². The summed E-state index contributed by atoms with van der Waals surface area (Å²) in [6, 6.07) is 15.9. The van der Waals surface area contributed by atoms with Gasteiger partial charge in [-0.3, -0.25) is 9.59 Å². The van der Waals surface area contributed by atoms with Crippen LogP contribution < -0.4 is 5.32 Å². The molecule has 1 aliphatic carbocycles. The largest absolute Gasteiger partial charge is 0.469 e. The third-order valence-corrected chi connectivity index (χ3v) is 6.30. The second kappa shape index (κ2) is 9.39. The number of ether oxygens (including phenoxy) is 1. The Hall–Kier alpha value is -3.41. The van der Waals surface area contributed by atoms with Crippen LogP contribution in [0.1, 0.15) is 63.7 Å². The van der Waals surface area contributed by atoms with E-state index in [1.165, 1.54) is 18.2 Å². The van der Waals surface area contributed by atoms with E-state index in [-0.39, 0.29) is 17.9 Å². The van der Waals surface area contributed by atoms with Crippen LogP contribution >= 0.6 is 0 Å². The Bertz CT molecular complexity index is 1130. The second-order valence-corrected chi connectivity index (χ2v) is 8.30. The number of hydrogen-bond donors (Lipinski definition) is 1. The van der Waals surface area contributed by atoms with Gasteiger partial charge in [-0.25, -0.2) is 4.68 Å². The zero-order valence-corrected chi connectivity index (χ0v) is 18.9. The molecule has 1 atom stereocenters. The smallest absolute Gasteiger partial charge is 0.305 e. The number of aryl methyl sites for hydroxylation is 2. The highest BCUT2D eigenvalue weighted by molar-refractivity contribution is 5.94. The van der Waals surface area contributed by atoms with E-state index in [1.54, 1.807) is 0 Å². The lowest BCUT2D eigenvalue weighted by Crippen LogP contribution is -2.30. The summed E-state index contributed by atoms with van der Waals surface area (Å²) in [5, 5.41) is 7.84. The van der Waals surface area contributed by atoms with Crippen molar-refractivity contribution in [2.45, 2.75) is 52.0 Å². The van der Waals surface area contributed by atoms with Crippen molar-refractivity contribution < 1.29 is 14.3 Å². The molecule has 6 heteroatoms. The summed E-state index contributed by atoms with van der Waals surface area (Å²) in [6.07, 6.45) is 4.03. The highest BCUT2D eigenvalue weighted by atomic mass is 16.5. The molecular formula is C26H29N3O3. The van der Waals surface area contributed by atoms with Gasteiger partial charge in [0.1, 0.15) is 0 Å². The van der Waals surface area contributed by atoms with Crippen molar-refractivity contribution in [1.29, 1.82) is 0 Å². The number of fused-ring (bicyclic) bond motifs is 1. The van der Waals surface area contributed by atoms with Crippen LogP contribution in [0.4, 0.5) is 0 Å². The Kier molecular flexibility index (Phi) is 6.40. The number of carbonyl (C=O) groups is 2. The van der Waals surface area contributed by atoms with Crippen molar-refractivity contribution in [3.63, 3.8) is 0 Å². The third kappa shape index (κ3) is 4.44. The molecule has 1 aliphatic rings. The van der Waals surface area contributed by atoms with E-state index in [2.05, 4.69) is 28.6 Å². The average molecular weight is 432 g/mol. The van der Waals surface area contributed by atoms with Crippen LogP contribution in [0.15, 0.2) is 48.5 Å². The minimum absolute atomic E-state index is 0.0560. The number of rotatable bonds is 6. The van der Waals surface area contributed by atoms with E-state index in [0.717, 1.165) is 41.9 Å². The summed E-state index contributed by atoms with van der Waals surface area (Å²) in [5.41, 5.74) is 7.00. The van der Waals surface area contributed by atoms with Gasteiger partial charge in [0, 0.05) is 17.7 Å². The van der Waals surface area contributed by atoms with Gasteiger partial charge in [0.05, 0.1) is 24.5 Å². The molecule has 0 radical (unpaired) electrons. The minimum atomic E-state index is -0.229. The van der Waals surface area contributed by atoms with Gasteiger partial charge in [0.25, 0.3) is 5.91 Å². The molecule has 32 heavy (non-hydrogen) atoms. The molecular weight excluding hydrogens is 402 g/mol. The lowest BCUT2D eigenvalue weighted by Gasteiger charge is -2.26. The standard InChI is InChI=1S/C26H29N3O3/c1-17-22(15-16-25(30)32-3)18(2)29(28-17)21-13-11-20(12-14-21)26(31)27-24-10-6-8-19-7-4-5-9-23(19)24/h4-5,7,9,11-14,24H,6,8,10,15-16H2,1-3H3,(H,27,31). The summed E-state index contributed by atoms with van der Waals surface area (Å²) >= 11 is 0. The molecule has 2 aromatic carbocycles. The fraction of sp³-hybridized carbons (Fsp3) is 0.346. The first-order valence-electron chi connectivity index (χ1n) is 11.1. The Morgan fingerprint density at radius 3 is 2.62 bits per heavy atom. The molecule has 3 aromatic rings. The highest BCUT2D eigenvalue weighted by Gasteiger charge is 2.22. The maximum absolute atomic E-state index is 12.9. The van der Waals surface area contributed by atoms with Crippen molar-refractivity contribution in [2.75, 3.05) is 7.11 Å². The topological polar surface area (TPSA) is 73.2 Å². The first-order valence-corrected chi connectivity index (χ1v) is 11.1. The second-order valence-electron chi connectivity index (χ2n) is 8.30. The quantitative estimate of drug-likeness (QED) is 0.587. The molecule has 166 valence electrons. The summed E-state index contributed by atoms with van der Waals surface area (Å²) in [5.74, 6) is -0.294. The van der Waals surface area contributed by atoms with Crippen LogP contribution in [0.3, 0.4) is 0 Å². The molecule has 0 saturated heterocycles. The number of aromatic nitrogens is 2. The van der Waals surface area contributed by atoms with Gasteiger partial charge in [-0.1, -0.05) is 24.3 Å². The van der Waals surface area contributed by atoms with Crippen molar-refractivity contribution in [2.24, 2.45) is 0 Å². The number of nitrogens with zero attached hydrogens (tertiary/aromatic N) is 2. The maximum Gasteiger partial charge on any atom is 0.305 e. The minimum Gasteiger partial charge on any atom is -0.469 e. The normalized spacial score (nSPS) is 15.2. The van der Waals surface area contributed by atoms with Crippen LogP contribution in [-0.2, 0) is 22.4 Å². The first kappa shape index (κ1) is 21.8. The van der Waals surface area contributed by atoms with E-state index >= 15 is 0 Å². The van der Waals surface area contributed by atoms with Crippen molar-refractivity contribution >= 4 is 11.9 Å². The van der Waals surface area contributed by atoms with Gasteiger partial charge < -0.3 is 10.1 Å². The number of esters is 1. The molecule has 0 aliphatic heterocycles. The van der Waals surface area contributed by atoms with E-state index < -0.39 is 0 Å². The van der Waals surface area contributed by atoms with Gasteiger partial charge in [0.15, 0.2) is 0 Å². The zero-order valence-electron chi connectivity index (χ0n) is 18.9. The van der Waals surface area contributed by atoms with Crippen LogP contribution in [0.5, 0.6) is 0 Å². The number of benzene rings is 2. The SMILES string of the molecule is COC(=O)CCc1c(C)nn(-c2ccc(C(=O)NC3CCCc4ccccc43)cc2)c1C. The van der Waals surface area contributed by atoms with Crippen molar-refractivity contribution in [3.05, 3.63) is 82.2 Å². The third-order valence-electron chi connectivity index (χ3n) is 6.30. The first-order chi connectivity index (χ1) is 15.5. The van der Waals surface area contributed by atoms with Crippen LogP contribution in [0, 0.1) is 13.8 Å². The van der Waals surface area contributed by atoms with Crippen molar-refractivity contribution in [3.8, 4) is 5.69 Å². The molecule has 4 rings (SSSR count). The number of carbonyl (C=O) groups excluding carboxylic acids is 2. The predicted molar refractivity (Wildman–Crippen MR) is 123 cm³/mol. The zero-order chi connectivity index (χ0) is 22.7. The van der Waals surface area contributed by atoms with Crippen LogP contribution in [-0.4, -0.2) is 28.8 Å². The summed E-state index contributed by atoms with van der Waals surface area (Å²) in [6.45, 7) is 3.94. The molecule has 0 bridgehead atoms. The summed E-state index contributed by atoms with van der Waals surface area (Å²) in [7, 11) is 1.40. The van der Waals surface area contributed by atoms with E-state index in [1.807, 2.05) is 48.9 Å². The fourth-order valence-corrected chi connectivity index (χ4v) is 4.52. The molecule has 0 spiro atoms. The van der Waals surface area contributed by atoms with E-state index in [4.69, 9.17) is 4.74 Å². The Morgan fingerprint density at radius 1 is 1.12 bits per heavy atom. The molecule has 0 fully saturated rings. The fourth-order valence-electron chi connectivity index (χ4n) is 4.52. The summed E-state index contributed by atoms with van der Waals surface area (Å²) in [4.78, 5) is 24.4. The van der Waals surface area contributed by atoms with Gasteiger partial charge in [0.2, 0.25) is 0 Å². The lowest BCUT2D eigenvalue weighted by atomic mass is 9.87. The molecule has 1 heterocycles. The van der Waals surface area contributed by atoms with Gasteiger partial charge in [-0.15, -0.1) is 0 Å². The van der Waals surface area contributed by atoms with Crippen LogP contribution in [0.25, 0.3) is 5.69 Å². The lowest BCUT2D eigenvalue weighted by molar-refractivity contribution is -0.140. The van der Waals surface area contributed by atoms with E-state index in [0.29, 0.717) is 18.4 Å². The molecule has 6 nitrogen and oxygen atoms in total. The monoisotopic (exact) mass is 431 g/mol. The van der Waals surface area contributed by atoms with Crippen molar-refractivity contribution in [1.82, 2.24) is 15.1 Å². The number of amides is 1. The summed E-state index contributed by atoms with van der Waals surface area (Å²) < 4.78 is 6.61. The highest BCUT2D eigenvalue weighted by Crippen LogP contribution is 2.29. The molecule has 0 saturated carbocycles. The average Bonchev–Trinajstić information content (AvgIpc) is 3.10. The van der Waals surface area contributed by atoms with Gasteiger partial charge >= 0.3 is 5.97 Å². The molecule has 1 amide bonds. The Labute approximate surface area is 188 Å². The number of methoxy groups -OCH3 is 1. The maximum atomic E-state index is 12.9. The number of hydrogen-bond acceptors (Lipinski definition) is 4. The molecule has 1 aromatic heterocycles. The predicted octanol–water partition coefficient (Wildman–Crippen LogP) is 4.40.